The van der Waals surface area contributed by atoms with Gasteiger partial charge in [0, 0.05) is 20.2 Å². The molecule has 0 amide bonds. The Hall–Kier alpha value is -0.520. The van der Waals surface area contributed by atoms with E-state index >= 15 is 0 Å². The first kappa shape index (κ1) is 8.58. The van der Waals surface area contributed by atoms with Crippen molar-refractivity contribution in [2.75, 3.05) is 20.3 Å². The van der Waals surface area contributed by atoms with E-state index in [0.29, 0.717) is 0 Å². The maximum atomic E-state index is 4.87. The van der Waals surface area contributed by atoms with E-state index in [4.69, 9.17) is 4.74 Å². The molecule has 1 heterocycles. The van der Waals surface area contributed by atoms with Crippen LogP contribution in [-0.2, 0) is 11.3 Å². The summed E-state index contributed by atoms with van der Waals surface area (Å²) in [5.74, 6) is 0. The molecule has 0 radical (unpaired) electrons. The highest BCUT2D eigenvalue weighted by atomic mass is 32.1. The van der Waals surface area contributed by atoms with Crippen molar-refractivity contribution in [2.24, 2.45) is 0 Å². The minimum Gasteiger partial charge on any atom is -0.383 e. The molecule has 0 atom stereocenters. The van der Waals surface area contributed by atoms with E-state index in [0.717, 1.165) is 25.4 Å². The number of ether oxygens (including phenoxy) is 1. The van der Waals surface area contributed by atoms with Crippen LogP contribution < -0.4 is 5.32 Å². The third-order valence-electron chi connectivity index (χ3n) is 1.20. The first-order valence-electron chi connectivity index (χ1n) is 3.39. The van der Waals surface area contributed by atoms with Gasteiger partial charge >= 0.3 is 0 Å². The summed E-state index contributed by atoms with van der Waals surface area (Å²) in [6.07, 6.45) is 1.77. The van der Waals surface area contributed by atoms with Crippen molar-refractivity contribution in [1.82, 2.24) is 14.1 Å². The van der Waals surface area contributed by atoms with Gasteiger partial charge in [-0.25, -0.2) is 0 Å². The average Bonchev–Trinajstić information content (AvgIpc) is 2.50. The highest BCUT2D eigenvalue weighted by Gasteiger charge is 1.93. The Balaban J connectivity index is 2.04. The Labute approximate surface area is 69.9 Å². The lowest BCUT2D eigenvalue weighted by molar-refractivity contribution is 0.199. The fourth-order valence-corrected chi connectivity index (χ4v) is 1.09. The van der Waals surface area contributed by atoms with Crippen molar-refractivity contribution in [2.45, 2.75) is 6.54 Å². The van der Waals surface area contributed by atoms with Gasteiger partial charge in [0.15, 0.2) is 0 Å². The van der Waals surface area contributed by atoms with E-state index in [1.165, 1.54) is 11.7 Å². The summed E-state index contributed by atoms with van der Waals surface area (Å²) in [6.45, 7) is 2.37. The lowest BCUT2D eigenvalue weighted by Gasteiger charge is -1.99. The fraction of sp³-hybridized carbons (Fsp3) is 0.667. The summed E-state index contributed by atoms with van der Waals surface area (Å²) in [6, 6.07) is 0. The van der Waals surface area contributed by atoms with E-state index in [2.05, 4.69) is 14.1 Å². The molecular formula is C6H11N3OS. The molecule has 1 rings (SSSR count). The van der Waals surface area contributed by atoms with Crippen LogP contribution in [0.1, 0.15) is 5.69 Å². The number of nitrogens with one attached hydrogen (secondary N) is 1. The largest absolute Gasteiger partial charge is 0.383 e. The predicted octanol–water partition coefficient (Wildman–Crippen LogP) is 0.274. The van der Waals surface area contributed by atoms with Crippen LogP contribution >= 0.6 is 11.7 Å². The van der Waals surface area contributed by atoms with Gasteiger partial charge in [0.25, 0.3) is 0 Å². The zero-order valence-electron chi connectivity index (χ0n) is 6.41. The maximum Gasteiger partial charge on any atom is 0.0880 e. The molecule has 11 heavy (non-hydrogen) atoms. The van der Waals surface area contributed by atoms with Gasteiger partial charge in [-0.05, 0) is 0 Å². The summed E-state index contributed by atoms with van der Waals surface area (Å²) in [5.41, 5.74) is 0.992. The first-order valence-corrected chi connectivity index (χ1v) is 4.12. The lowest BCUT2D eigenvalue weighted by atomic mass is 10.5. The third-order valence-corrected chi connectivity index (χ3v) is 1.71. The zero-order valence-corrected chi connectivity index (χ0v) is 7.23. The van der Waals surface area contributed by atoms with Crippen LogP contribution in [0.2, 0.25) is 0 Å². The molecule has 0 aromatic carbocycles. The van der Waals surface area contributed by atoms with Crippen molar-refractivity contribution in [3.8, 4) is 0 Å². The van der Waals surface area contributed by atoms with E-state index in [1.807, 2.05) is 0 Å². The average molecular weight is 173 g/mol. The summed E-state index contributed by atoms with van der Waals surface area (Å²) in [7, 11) is 1.69. The quantitative estimate of drug-likeness (QED) is 0.649. The van der Waals surface area contributed by atoms with Crippen LogP contribution in [0.25, 0.3) is 0 Å². The predicted molar refractivity (Wildman–Crippen MR) is 43.5 cm³/mol. The van der Waals surface area contributed by atoms with Crippen LogP contribution in [0, 0.1) is 0 Å². The molecule has 0 aliphatic heterocycles. The molecule has 62 valence electrons. The number of nitrogens with zero attached hydrogens (tertiary/aromatic N) is 2. The van der Waals surface area contributed by atoms with Crippen LogP contribution in [0.15, 0.2) is 6.20 Å². The van der Waals surface area contributed by atoms with Gasteiger partial charge in [-0.3, -0.25) is 0 Å². The minimum absolute atomic E-state index is 0.734. The number of hydrogen-bond donors (Lipinski definition) is 1. The third kappa shape index (κ3) is 3.41. The van der Waals surface area contributed by atoms with Gasteiger partial charge < -0.3 is 10.1 Å². The van der Waals surface area contributed by atoms with Gasteiger partial charge in [0.05, 0.1) is 30.2 Å². The van der Waals surface area contributed by atoms with Crippen LogP contribution in [-0.4, -0.2) is 29.0 Å². The molecule has 4 nitrogen and oxygen atoms in total. The first-order chi connectivity index (χ1) is 5.43. The Morgan fingerprint density at radius 2 is 2.64 bits per heavy atom. The Morgan fingerprint density at radius 3 is 3.27 bits per heavy atom. The van der Waals surface area contributed by atoms with E-state index in [9.17, 15) is 0 Å². The van der Waals surface area contributed by atoms with Crippen molar-refractivity contribution < 1.29 is 4.74 Å². The Kier molecular flexibility index (Phi) is 4.03. The van der Waals surface area contributed by atoms with Gasteiger partial charge in [-0.1, -0.05) is 0 Å². The Morgan fingerprint density at radius 1 is 1.73 bits per heavy atom. The Bertz CT molecular complexity index is 178. The summed E-state index contributed by atoms with van der Waals surface area (Å²) in [5, 5.41) is 3.17. The number of rotatable bonds is 5. The van der Waals surface area contributed by atoms with Crippen LogP contribution in [0.3, 0.4) is 0 Å². The molecule has 0 aliphatic carbocycles. The molecule has 1 aromatic heterocycles. The summed E-state index contributed by atoms with van der Waals surface area (Å²) < 4.78 is 12.8. The van der Waals surface area contributed by atoms with Crippen molar-refractivity contribution in [3.63, 3.8) is 0 Å². The summed E-state index contributed by atoms with van der Waals surface area (Å²) in [4.78, 5) is 0. The van der Waals surface area contributed by atoms with Crippen molar-refractivity contribution in [3.05, 3.63) is 11.9 Å². The maximum absolute atomic E-state index is 4.87. The minimum atomic E-state index is 0.734. The molecule has 0 fully saturated rings. The smallest absolute Gasteiger partial charge is 0.0880 e. The summed E-state index contributed by atoms with van der Waals surface area (Å²) >= 11 is 1.23. The molecule has 1 aromatic rings. The van der Waals surface area contributed by atoms with Crippen LogP contribution in [0.5, 0.6) is 0 Å². The second kappa shape index (κ2) is 5.17. The monoisotopic (exact) mass is 173 g/mol. The molecule has 0 aliphatic rings. The molecular weight excluding hydrogens is 162 g/mol. The van der Waals surface area contributed by atoms with Crippen molar-refractivity contribution >= 4 is 11.7 Å². The van der Waals surface area contributed by atoms with Gasteiger partial charge in [0.2, 0.25) is 0 Å². The van der Waals surface area contributed by atoms with Gasteiger partial charge in [-0.15, -0.1) is 0 Å². The SMILES string of the molecule is COCCNCc1cnsn1. The standard InChI is InChI=1S/C6H11N3OS/c1-10-3-2-7-4-6-5-8-11-9-6/h5,7H,2-4H2,1H3. The number of methoxy groups -OCH3 is 1. The second-order valence-electron chi connectivity index (χ2n) is 2.07. The highest BCUT2D eigenvalue weighted by Crippen LogP contribution is 1.92. The number of aromatic nitrogens is 2. The van der Waals surface area contributed by atoms with Gasteiger partial charge in [0.1, 0.15) is 0 Å². The molecule has 0 saturated heterocycles. The molecule has 0 saturated carbocycles. The lowest BCUT2D eigenvalue weighted by Crippen LogP contribution is -2.18. The van der Waals surface area contributed by atoms with Crippen molar-refractivity contribution in [1.29, 1.82) is 0 Å². The van der Waals surface area contributed by atoms with E-state index in [-0.39, 0.29) is 0 Å². The molecule has 0 bridgehead atoms. The zero-order chi connectivity index (χ0) is 7.94. The number of hydrogen-bond acceptors (Lipinski definition) is 5. The molecule has 0 unspecified atom stereocenters. The van der Waals surface area contributed by atoms with Gasteiger partial charge in [-0.2, -0.15) is 8.75 Å². The normalized spacial score (nSPS) is 10.3. The van der Waals surface area contributed by atoms with Crippen LogP contribution in [0.4, 0.5) is 0 Å². The second-order valence-corrected chi connectivity index (χ2v) is 2.63. The fourth-order valence-electron chi connectivity index (χ4n) is 0.653. The van der Waals surface area contributed by atoms with E-state index in [1.54, 1.807) is 13.3 Å². The topological polar surface area (TPSA) is 47.0 Å². The van der Waals surface area contributed by atoms with E-state index < -0.39 is 0 Å². The molecule has 1 N–H and O–H groups in total. The molecule has 5 heteroatoms. The highest BCUT2D eigenvalue weighted by molar-refractivity contribution is 6.99. The molecule has 0 spiro atoms.